The first-order chi connectivity index (χ1) is 17.8. The SMILES string of the molecule is Bc1ccccc1Cn1c(N[C@H]2CCCC[C@H]2N)nc2c1c(=O)n(CC(=O)c1ccccc1)c(=O)n2C. The third-order valence-corrected chi connectivity index (χ3v) is 7.35. The summed E-state index contributed by atoms with van der Waals surface area (Å²) < 4.78 is 4.17. The molecule has 9 nitrogen and oxygen atoms in total. The van der Waals surface area contributed by atoms with Crippen LogP contribution in [0, 0.1) is 0 Å². The van der Waals surface area contributed by atoms with Gasteiger partial charge in [-0.25, -0.2) is 4.79 Å². The van der Waals surface area contributed by atoms with Crippen molar-refractivity contribution in [3.8, 4) is 0 Å². The lowest BCUT2D eigenvalue weighted by Crippen LogP contribution is -2.43. The molecule has 4 aromatic rings. The van der Waals surface area contributed by atoms with Crippen molar-refractivity contribution >= 4 is 36.2 Å². The van der Waals surface area contributed by atoms with Crippen molar-refractivity contribution in [1.29, 1.82) is 0 Å². The Labute approximate surface area is 215 Å². The van der Waals surface area contributed by atoms with Crippen LogP contribution in [0.3, 0.4) is 0 Å². The number of hydrogen-bond acceptors (Lipinski definition) is 6. The molecule has 0 bridgehead atoms. The van der Waals surface area contributed by atoms with Crippen LogP contribution >= 0.6 is 0 Å². The molecule has 0 radical (unpaired) electrons. The fraction of sp³-hybridized carbons (Fsp3) is 0.333. The smallest absolute Gasteiger partial charge is 0.332 e. The predicted octanol–water partition coefficient (Wildman–Crippen LogP) is 0.768. The summed E-state index contributed by atoms with van der Waals surface area (Å²) in [7, 11) is 3.60. The molecule has 5 rings (SSSR count). The molecule has 1 aliphatic rings. The van der Waals surface area contributed by atoms with E-state index in [1.165, 1.54) is 4.57 Å². The quantitative estimate of drug-likeness (QED) is 0.287. The van der Waals surface area contributed by atoms with Gasteiger partial charge in [-0.2, -0.15) is 4.98 Å². The maximum Gasteiger partial charge on any atom is 0.332 e. The van der Waals surface area contributed by atoms with Gasteiger partial charge in [-0.15, -0.1) is 0 Å². The molecule has 2 aromatic heterocycles. The Kier molecular flexibility index (Phi) is 6.84. The number of nitrogens with two attached hydrogens (primary N) is 1. The number of carbonyl (C=O) groups excluding carboxylic acids is 1. The molecule has 190 valence electrons. The molecule has 2 atom stereocenters. The Bertz CT molecular complexity index is 1570. The summed E-state index contributed by atoms with van der Waals surface area (Å²) >= 11 is 0. The van der Waals surface area contributed by atoms with E-state index in [4.69, 9.17) is 10.7 Å². The summed E-state index contributed by atoms with van der Waals surface area (Å²) in [5.74, 6) is 0.190. The van der Waals surface area contributed by atoms with Gasteiger partial charge in [-0.05, 0) is 18.4 Å². The van der Waals surface area contributed by atoms with Crippen molar-refractivity contribution in [1.82, 2.24) is 18.7 Å². The number of fused-ring (bicyclic) bond motifs is 1. The van der Waals surface area contributed by atoms with Crippen LogP contribution in [0.2, 0.25) is 0 Å². The summed E-state index contributed by atoms with van der Waals surface area (Å²) in [6.07, 6.45) is 3.98. The molecule has 2 aromatic carbocycles. The van der Waals surface area contributed by atoms with E-state index in [1.807, 2.05) is 42.7 Å². The van der Waals surface area contributed by atoms with Crippen molar-refractivity contribution in [2.24, 2.45) is 12.8 Å². The number of Topliss-reactive ketones (excluding diaryl/α,β-unsaturated/α-hetero) is 1. The summed E-state index contributed by atoms with van der Waals surface area (Å²) in [4.78, 5) is 44.7. The van der Waals surface area contributed by atoms with Crippen LogP contribution in [0.15, 0.2) is 64.2 Å². The molecule has 3 N–H and O–H groups in total. The Hall–Kier alpha value is -3.92. The van der Waals surface area contributed by atoms with Gasteiger partial charge in [0.05, 0.1) is 13.1 Å². The molecular weight excluding hydrogens is 467 g/mol. The summed E-state index contributed by atoms with van der Waals surface area (Å²) in [6, 6.07) is 16.6. The zero-order valence-electron chi connectivity index (χ0n) is 21.2. The molecular formula is C27H31BN6O3. The maximum absolute atomic E-state index is 13.8. The number of anilines is 1. The molecule has 2 heterocycles. The molecule has 37 heavy (non-hydrogen) atoms. The van der Waals surface area contributed by atoms with E-state index in [0.717, 1.165) is 41.3 Å². The Balaban J connectivity index is 1.66. The Morgan fingerprint density at radius 3 is 2.49 bits per heavy atom. The monoisotopic (exact) mass is 498 g/mol. The zero-order valence-corrected chi connectivity index (χ0v) is 21.2. The number of nitrogens with one attached hydrogen (secondary N) is 1. The first-order valence-electron chi connectivity index (χ1n) is 12.7. The summed E-state index contributed by atoms with van der Waals surface area (Å²) in [5.41, 5.74) is 8.39. The van der Waals surface area contributed by atoms with Crippen molar-refractivity contribution in [3.05, 3.63) is 86.6 Å². The highest BCUT2D eigenvalue weighted by atomic mass is 16.2. The number of ketones is 1. The van der Waals surface area contributed by atoms with E-state index in [2.05, 4.69) is 5.32 Å². The van der Waals surface area contributed by atoms with Gasteiger partial charge in [0.25, 0.3) is 5.56 Å². The highest BCUT2D eigenvalue weighted by Gasteiger charge is 2.26. The largest absolute Gasteiger partial charge is 0.351 e. The summed E-state index contributed by atoms with van der Waals surface area (Å²) in [5, 5.41) is 3.48. The third kappa shape index (κ3) is 4.76. The van der Waals surface area contributed by atoms with Crippen LogP contribution in [0.25, 0.3) is 11.2 Å². The number of nitrogens with zero attached hydrogens (tertiary/aromatic N) is 4. The van der Waals surface area contributed by atoms with Gasteiger partial charge in [0.2, 0.25) is 5.95 Å². The Morgan fingerprint density at radius 2 is 1.76 bits per heavy atom. The molecule has 10 heteroatoms. The van der Waals surface area contributed by atoms with Crippen molar-refractivity contribution in [2.45, 2.75) is 50.9 Å². The van der Waals surface area contributed by atoms with E-state index >= 15 is 0 Å². The minimum absolute atomic E-state index is 0.0140. The predicted molar refractivity (Wildman–Crippen MR) is 148 cm³/mol. The first-order valence-corrected chi connectivity index (χ1v) is 12.7. The van der Waals surface area contributed by atoms with Gasteiger partial charge in [0.1, 0.15) is 7.85 Å². The minimum Gasteiger partial charge on any atom is -0.351 e. The maximum atomic E-state index is 13.8. The molecule has 0 spiro atoms. The average Bonchev–Trinajstić information content (AvgIpc) is 3.26. The van der Waals surface area contributed by atoms with Gasteiger partial charge in [-0.3, -0.25) is 23.3 Å². The van der Waals surface area contributed by atoms with E-state index in [1.54, 1.807) is 31.3 Å². The molecule has 0 aliphatic heterocycles. The molecule has 0 unspecified atom stereocenters. The first kappa shape index (κ1) is 24.8. The zero-order chi connectivity index (χ0) is 26.1. The van der Waals surface area contributed by atoms with Gasteiger partial charge < -0.3 is 11.1 Å². The van der Waals surface area contributed by atoms with E-state index in [-0.39, 0.29) is 35.6 Å². The minimum atomic E-state index is -0.580. The van der Waals surface area contributed by atoms with Crippen LogP contribution in [0.5, 0.6) is 0 Å². The number of hydrogen-bond donors (Lipinski definition) is 2. The molecule has 0 amide bonds. The van der Waals surface area contributed by atoms with E-state index < -0.39 is 11.2 Å². The van der Waals surface area contributed by atoms with Crippen molar-refractivity contribution in [3.63, 3.8) is 0 Å². The lowest BCUT2D eigenvalue weighted by atomic mass is 9.90. The normalized spacial score (nSPS) is 17.7. The summed E-state index contributed by atoms with van der Waals surface area (Å²) in [6.45, 7) is 0.0325. The van der Waals surface area contributed by atoms with Crippen LogP contribution in [-0.2, 0) is 20.1 Å². The topological polar surface area (TPSA) is 117 Å². The number of imidazole rings is 1. The van der Waals surface area contributed by atoms with Crippen molar-refractivity contribution < 1.29 is 4.79 Å². The van der Waals surface area contributed by atoms with Crippen LogP contribution in [0.4, 0.5) is 5.95 Å². The van der Waals surface area contributed by atoms with Gasteiger partial charge in [0.15, 0.2) is 16.9 Å². The van der Waals surface area contributed by atoms with Gasteiger partial charge in [0, 0.05) is 24.7 Å². The van der Waals surface area contributed by atoms with Gasteiger partial charge >= 0.3 is 5.69 Å². The van der Waals surface area contributed by atoms with Crippen LogP contribution < -0.4 is 27.8 Å². The average molecular weight is 498 g/mol. The van der Waals surface area contributed by atoms with Crippen molar-refractivity contribution in [2.75, 3.05) is 5.32 Å². The number of carbonyl (C=O) groups is 1. The number of aryl methyl sites for hydroxylation is 1. The number of aromatic nitrogens is 4. The molecule has 0 saturated heterocycles. The van der Waals surface area contributed by atoms with Gasteiger partial charge in [-0.1, -0.05) is 72.9 Å². The third-order valence-electron chi connectivity index (χ3n) is 7.35. The highest BCUT2D eigenvalue weighted by Crippen LogP contribution is 2.23. The van der Waals surface area contributed by atoms with Crippen LogP contribution in [-0.4, -0.2) is 44.4 Å². The fourth-order valence-electron chi connectivity index (χ4n) is 5.10. The fourth-order valence-corrected chi connectivity index (χ4v) is 5.10. The molecule has 1 fully saturated rings. The standard InChI is InChI=1S/C27H31BN6O3/c1-32-24-23(25(36)34(27(32)37)16-22(35)17-9-3-2-4-10-17)33(15-18-11-5-6-12-19(18)28)26(31-24)30-21-14-8-7-13-20(21)29/h2-6,9-12,20-21H,7-8,13-16,28-29H2,1H3,(H,30,31)/t20-,21+/m1/s1. The molecule has 1 aliphatic carbocycles. The number of rotatable bonds is 7. The molecule has 1 saturated carbocycles. The Morgan fingerprint density at radius 1 is 1.05 bits per heavy atom. The van der Waals surface area contributed by atoms with E-state index in [9.17, 15) is 14.4 Å². The second-order valence-electron chi connectivity index (χ2n) is 9.84. The van der Waals surface area contributed by atoms with E-state index in [0.29, 0.717) is 18.1 Å². The second-order valence-corrected chi connectivity index (χ2v) is 9.84. The second kappa shape index (κ2) is 10.2. The number of benzene rings is 2. The lowest BCUT2D eigenvalue weighted by molar-refractivity contribution is 0.0969. The lowest BCUT2D eigenvalue weighted by Gasteiger charge is -2.29. The highest BCUT2D eigenvalue weighted by molar-refractivity contribution is 6.33. The van der Waals surface area contributed by atoms with Crippen LogP contribution in [0.1, 0.15) is 41.6 Å².